The van der Waals surface area contributed by atoms with E-state index in [1.807, 2.05) is 9.58 Å². The molecule has 0 unspecified atom stereocenters. The molecule has 156 valence electrons. The number of fused-ring (bicyclic) bond motifs is 1. The van der Waals surface area contributed by atoms with Gasteiger partial charge in [0.15, 0.2) is 0 Å². The molecular formula is C20H21FN6O3. The van der Waals surface area contributed by atoms with Crippen molar-refractivity contribution in [3.05, 3.63) is 57.9 Å². The molecule has 1 aliphatic heterocycles. The fourth-order valence-electron chi connectivity index (χ4n) is 3.76. The molecule has 1 amide bonds. The van der Waals surface area contributed by atoms with Crippen molar-refractivity contribution in [3.8, 4) is 0 Å². The highest BCUT2D eigenvalue weighted by Crippen LogP contribution is 2.26. The van der Waals surface area contributed by atoms with Crippen LogP contribution >= 0.6 is 0 Å². The van der Waals surface area contributed by atoms with E-state index in [1.165, 1.54) is 24.3 Å². The van der Waals surface area contributed by atoms with Crippen molar-refractivity contribution < 1.29 is 14.1 Å². The number of amides is 1. The number of aryl methyl sites for hydroxylation is 1. The van der Waals surface area contributed by atoms with Gasteiger partial charge in [0.1, 0.15) is 11.3 Å². The Morgan fingerprint density at radius 1 is 1.27 bits per heavy atom. The Kier molecular flexibility index (Phi) is 5.40. The lowest BCUT2D eigenvalue weighted by Crippen LogP contribution is -2.40. The quantitative estimate of drug-likeness (QED) is 0.510. The third kappa shape index (κ3) is 4.13. The zero-order valence-electron chi connectivity index (χ0n) is 16.4. The molecule has 3 aromatic rings. The maximum atomic E-state index is 13.3. The Morgan fingerprint density at radius 3 is 2.77 bits per heavy atom. The maximum Gasteiger partial charge on any atom is 0.271 e. The number of nitrogens with one attached hydrogen (secondary N) is 1. The normalized spacial score (nSPS) is 15.4. The number of anilines is 1. The summed E-state index contributed by atoms with van der Waals surface area (Å²) in [6.45, 7) is 3.40. The molecular weight excluding hydrogens is 391 g/mol. The number of non-ortho nitro benzene ring substituents is 1. The highest BCUT2D eigenvalue weighted by Gasteiger charge is 2.24. The maximum absolute atomic E-state index is 13.3. The second-order valence-corrected chi connectivity index (χ2v) is 7.48. The molecule has 1 N–H and O–H groups in total. The Labute approximate surface area is 171 Å². The number of hydrogen-bond acceptors (Lipinski definition) is 6. The standard InChI is InChI=1S/C20H21FN6O3/c1-13-2-4-16(27(29)30)11-17(13)22-20(28)12-25-8-6-15(7-9-25)26-19-5-3-14(21)10-18(19)23-24-26/h2-5,10-11,15H,6-9,12H2,1H3,(H,22,28). The van der Waals surface area contributed by atoms with Gasteiger partial charge in [-0.3, -0.25) is 19.8 Å². The predicted octanol–water partition coefficient (Wildman–Crippen LogP) is 3.06. The lowest BCUT2D eigenvalue weighted by Gasteiger charge is -2.31. The van der Waals surface area contributed by atoms with Gasteiger partial charge in [-0.1, -0.05) is 11.3 Å². The number of nitro groups is 1. The highest BCUT2D eigenvalue weighted by molar-refractivity contribution is 5.93. The summed E-state index contributed by atoms with van der Waals surface area (Å²) < 4.78 is 15.2. The first-order chi connectivity index (χ1) is 14.4. The van der Waals surface area contributed by atoms with E-state index in [0.717, 1.165) is 23.9 Å². The van der Waals surface area contributed by atoms with Crippen LogP contribution in [0.4, 0.5) is 15.8 Å². The summed E-state index contributed by atoms with van der Waals surface area (Å²) in [4.78, 5) is 24.9. The molecule has 10 heteroatoms. The van der Waals surface area contributed by atoms with Crippen LogP contribution in [0, 0.1) is 22.9 Å². The van der Waals surface area contributed by atoms with Crippen LogP contribution in [0.3, 0.4) is 0 Å². The summed E-state index contributed by atoms with van der Waals surface area (Å²) in [7, 11) is 0. The third-order valence-electron chi connectivity index (χ3n) is 5.41. The topological polar surface area (TPSA) is 106 Å². The van der Waals surface area contributed by atoms with E-state index in [-0.39, 0.29) is 30.0 Å². The first kappa shape index (κ1) is 19.9. The number of rotatable bonds is 5. The van der Waals surface area contributed by atoms with Gasteiger partial charge in [-0.25, -0.2) is 9.07 Å². The number of hydrogen-bond donors (Lipinski definition) is 1. The van der Waals surface area contributed by atoms with E-state index < -0.39 is 4.92 Å². The summed E-state index contributed by atoms with van der Waals surface area (Å²) in [6.07, 6.45) is 1.58. The monoisotopic (exact) mass is 412 g/mol. The molecule has 0 atom stereocenters. The van der Waals surface area contributed by atoms with Crippen LogP contribution in [0.15, 0.2) is 36.4 Å². The van der Waals surface area contributed by atoms with Gasteiger partial charge >= 0.3 is 0 Å². The number of piperidine rings is 1. The Bertz CT molecular complexity index is 1110. The molecule has 0 bridgehead atoms. The molecule has 2 aromatic carbocycles. The molecule has 30 heavy (non-hydrogen) atoms. The van der Waals surface area contributed by atoms with Crippen molar-refractivity contribution in [2.75, 3.05) is 25.0 Å². The molecule has 0 aliphatic carbocycles. The number of carbonyl (C=O) groups is 1. The molecule has 0 radical (unpaired) electrons. The molecule has 0 spiro atoms. The average molecular weight is 412 g/mol. The van der Waals surface area contributed by atoms with Crippen molar-refractivity contribution in [1.82, 2.24) is 19.9 Å². The molecule has 1 fully saturated rings. The van der Waals surface area contributed by atoms with E-state index in [2.05, 4.69) is 15.6 Å². The van der Waals surface area contributed by atoms with Crippen LogP contribution in [0.5, 0.6) is 0 Å². The molecule has 4 rings (SSSR count). The number of halogens is 1. The number of benzene rings is 2. The Morgan fingerprint density at radius 2 is 2.03 bits per heavy atom. The molecule has 2 heterocycles. The van der Waals surface area contributed by atoms with Crippen LogP contribution in [-0.4, -0.2) is 50.4 Å². The second-order valence-electron chi connectivity index (χ2n) is 7.48. The first-order valence-electron chi connectivity index (χ1n) is 9.68. The van der Waals surface area contributed by atoms with E-state index >= 15 is 0 Å². The van der Waals surface area contributed by atoms with Gasteiger partial charge < -0.3 is 5.32 Å². The van der Waals surface area contributed by atoms with Crippen molar-refractivity contribution in [2.24, 2.45) is 0 Å². The predicted molar refractivity (Wildman–Crippen MR) is 109 cm³/mol. The highest BCUT2D eigenvalue weighted by atomic mass is 19.1. The molecule has 1 saturated heterocycles. The van der Waals surface area contributed by atoms with Crippen LogP contribution in [-0.2, 0) is 4.79 Å². The van der Waals surface area contributed by atoms with Gasteiger partial charge in [0, 0.05) is 31.3 Å². The largest absolute Gasteiger partial charge is 0.324 e. The van der Waals surface area contributed by atoms with Crippen molar-refractivity contribution in [1.29, 1.82) is 0 Å². The summed E-state index contributed by atoms with van der Waals surface area (Å²) in [5.74, 6) is -0.548. The third-order valence-corrected chi connectivity index (χ3v) is 5.41. The summed E-state index contributed by atoms with van der Waals surface area (Å²) in [5, 5.41) is 21.9. The van der Waals surface area contributed by atoms with E-state index in [0.29, 0.717) is 24.3 Å². The van der Waals surface area contributed by atoms with Crippen LogP contribution in [0.2, 0.25) is 0 Å². The number of likely N-dealkylation sites (tertiary alicyclic amines) is 1. The number of carbonyl (C=O) groups excluding carboxylic acids is 1. The van der Waals surface area contributed by atoms with E-state index in [9.17, 15) is 19.3 Å². The first-order valence-corrected chi connectivity index (χ1v) is 9.68. The Hall–Kier alpha value is -3.40. The van der Waals surface area contributed by atoms with Crippen molar-refractivity contribution in [3.63, 3.8) is 0 Å². The van der Waals surface area contributed by atoms with Gasteiger partial charge in [0.25, 0.3) is 5.69 Å². The Balaban J connectivity index is 1.35. The van der Waals surface area contributed by atoms with E-state index in [1.54, 1.807) is 19.1 Å². The smallest absolute Gasteiger partial charge is 0.271 e. The number of nitro benzene ring substituents is 1. The molecule has 9 nitrogen and oxygen atoms in total. The molecule has 1 aromatic heterocycles. The van der Waals surface area contributed by atoms with Gasteiger partial charge in [0.05, 0.1) is 28.7 Å². The minimum atomic E-state index is -0.484. The number of nitrogens with zero attached hydrogens (tertiary/aromatic N) is 5. The zero-order valence-corrected chi connectivity index (χ0v) is 16.4. The van der Waals surface area contributed by atoms with Crippen molar-refractivity contribution in [2.45, 2.75) is 25.8 Å². The lowest BCUT2D eigenvalue weighted by molar-refractivity contribution is -0.384. The summed E-state index contributed by atoms with van der Waals surface area (Å²) in [5.41, 5.74) is 2.49. The SMILES string of the molecule is Cc1ccc([N+](=O)[O-])cc1NC(=O)CN1CCC(n2nnc3cc(F)ccc32)CC1. The molecule has 0 saturated carbocycles. The summed E-state index contributed by atoms with van der Waals surface area (Å²) >= 11 is 0. The summed E-state index contributed by atoms with van der Waals surface area (Å²) in [6, 6.07) is 9.00. The van der Waals surface area contributed by atoms with Gasteiger partial charge in [-0.15, -0.1) is 5.10 Å². The van der Waals surface area contributed by atoms with Gasteiger partial charge in [0.2, 0.25) is 5.91 Å². The fraction of sp³-hybridized carbons (Fsp3) is 0.350. The van der Waals surface area contributed by atoms with Crippen LogP contribution in [0.25, 0.3) is 11.0 Å². The van der Waals surface area contributed by atoms with Crippen molar-refractivity contribution >= 4 is 28.3 Å². The average Bonchev–Trinajstić information content (AvgIpc) is 3.13. The second kappa shape index (κ2) is 8.15. The number of aromatic nitrogens is 3. The lowest BCUT2D eigenvalue weighted by atomic mass is 10.0. The van der Waals surface area contributed by atoms with Gasteiger partial charge in [-0.2, -0.15) is 0 Å². The fourth-order valence-corrected chi connectivity index (χ4v) is 3.76. The van der Waals surface area contributed by atoms with Crippen LogP contribution < -0.4 is 5.32 Å². The zero-order chi connectivity index (χ0) is 21.3. The minimum Gasteiger partial charge on any atom is -0.324 e. The minimum absolute atomic E-state index is 0.0587. The molecule has 1 aliphatic rings. The van der Waals surface area contributed by atoms with E-state index in [4.69, 9.17) is 0 Å². The van der Waals surface area contributed by atoms with Gasteiger partial charge in [-0.05, 0) is 37.5 Å². The van der Waals surface area contributed by atoms with Crippen LogP contribution in [0.1, 0.15) is 24.4 Å².